The Morgan fingerprint density at radius 1 is 1.44 bits per heavy atom. The number of hydrogen-bond acceptors (Lipinski definition) is 7. The normalized spacial score (nSPS) is 13.1. The van der Waals surface area contributed by atoms with Gasteiger partial charge < -0.3 is 15.4 Å². The van der Waals surface area contributed by atoms with Crippen molar-refractivity contribution in [3.63, 3.8) is 0 Å². The molecule has 0 heterocycles. The molecule has 0 aromatic heterocycles. The van der Waals surface area contributed by atoms with Crippen molar-refractivity contribution in [1.29, 1.82) is 0 Å². The van der Waals surface area contributed by atoms with Crippen LogP contribution in [0.3, 0.4) is 0 Å². The lowest BCUT2D eigenvalue weighted by Crippen LogP contribution is -2.36. The number of ether oxygens (including phenoxy) is 1. The van der Waals surface area contributed by atoms with E-state index >= 15 is 0 Å². The molecule has 0 aliphatic rings. The number of carbonyl (C=O) groups is 1. The van der Waals surface area contributed by atoms with Gasteiger partial charge in [0.15, 0.2) is 0 Å². The fourth-order valence-corrected chi connectivity index (χ4v) is 2.99. The largest absolute Gasteiger partial charge is 0.427 e. The Morgan fingerprint density at radius 2 is 2.11 bits per heavy atom. The van der Waals surface area contributed by atoms with E-state index in [1.807, 2.05) is 6.26 Å². The molecule has 0 aliphatic heterocycles. The van der Waals surface area contributed by atoms with E-state index in [9.17, 15) is 13.2 Å². The molecule has 0 rings (SSSR count). The summed E-state index contributed by atoms with van der Waals surface area (Å²) in [6.45, 7) is 0.848. The van der Waals surface area contributed by atoms with Crippen LogP contribution >= 0.6 is 21.6 Å². The Labute approximate surface area is 115 Å². The van der Waals surface area contributed by atoms with E-state index in [-0.39, 0.29) is 6.42 Å². The molecule has 1 amide bonds. The van der Waals surface area contributed by atoms with Gasteiger partial charge in [0.1, 0.15) is 0 Å². The van der Waals surface area contributed by atoms with Crippen molar-refractivity contribution in [1.82, 2.24) is 10.6 Å². The van der Waals surface area contributed by atoms with E-state index in [0.29, 0.717) is 18.8 Å². The predicted molar refractivity (Wildman–Crippen MR) is 74.3 cm³/mol. The van der Waals surface area contributed by atoms with Crippen molar-refractivity contribution < 1.29 is 22.5 Å². The summed E-state index contributed by atoms with van der Waals surface area (Å²) in [6.07, 6.45) is 1.03. The second-order valence-corrected chi connectivity index (χ2v) is 7.40. The Bertz CT molecular complexity index is 336. The van der Waals surface area contributed by atoms with Crippen molar-refractivity contribution in [3.05, 3.63) is 0 Å². The fraction of sp³-hybridized carbons (Fsp3) is 0.875. The highest BCUT2D eigenvalue weighted by Crippen LogP contribution is 2.20. The number of likely N-dealkylation sites (N-methyl/N-ethyl adjacent to an activating group) is 1. The summed E-state index contributed by atoms with van der Waals surface area (Å²) in [4.78, 5) is 11.3. The third-order valence-corrected chi connectivity index (χ3v) is 4.61. The summed E-state index contributed by atoms with van der Waals surface area (Å²) >= 11 is 0. The van der Waals surface area contributed by atoms with Gasteiger partial charge in [-0.15, -0.1) is 0 Å². The molecular weight excluding hydrogens is 300 g/mol. The zero-order chi connectivity index (χ0) is 14.0. The summed E-state index contributed by atoms with van der Waals surface area (Å²) in [5.74, 6) is 0.454. The zero-order valence-electron chi connectivity index (χ0n) is 10.2. The first-order valence-corrected chi connectivity index (χ1v) is 9.35. The Hall–Kier alpha value is -0.160. The van der Waals surface area contributed by atoms with Crippen LogP contribution in [0.1, 0.15) is 6.42 Å². The first kappa shape index (κ1) is 17.8. The van der Waals surface area contributed by atoms with Crippen LogP contribution in [0.4, 0.5) is 4.79 Å². The van der Waals surface area contributed by atoms with Gasteiger partial charge in [-0.3, -0.25) is 4.55 Å². The lowest BCUT2D eigenvalue weighted by molar-refractivity contribution is 0.126. The van der Waals surface area contributed by atoms with Crippen molar-refractivity contribution >= 4 is 37.8 Å². The van der Waals surface area contributed by atoms with E-state index in [2.05, 4.69) is 15.4 Å². The van der Waals surface area contributed by atoms with Crippen LogP contribution in [0.2, 0.25) is 0 Å². The Kier molecular flexibility index (Phi) is 9.64. The lowest BCUT2D eigenvalue weighted by atomic mass is 10.5. The maximum atomic E-state index is 11.3. The smallest absolute Gasteiger partial charge is 0.408 e. The highest BCUT2D eigenvalue weighted by molar-refractivity contribution is 8.76. The molecule has 0 fully saturated rings. The highest BCUT2D eigenvalue weighted by Gasteiger charge is 2.26. The SMILES string of the molecule is CNCCNC(=O)OC(CCSSC)S(=O)(=O)O. The fourth-order valence-electron chi connectivity index (χ4n) is 0.947. The molecule has 18 heavy (non-hydrogen) atoms. The average Bonchev–Trinajstić information content (AvgIpc) is 2.27. The van der Waals surface area contributed by atoms with Gasteiger partial charge in [0.25, 0.3) is 0 Å². The van der Waals surface area contributed by atoms with E-state index < -0.39 is 21.6 Å². The molecule has 0 bridgehead atoms. The molecule has 0 spiro atoms. The minimum atomic E-state index is -4.39. The third kappa shape index (κ3) is 8.86. The van der Waals surface area contributed by atoms with Crippen molar-refractivity contribution in [2.75, 3.05) is 32.1 Å². The van der Waals surface area contributed by atoms with Gasteiger partial charge in [-0.2, -0.15) is 8.42 Å². The number of hydrogen-bond donors (Lipinski definition) is 3. The lowest BCUT2D eigenvalue weighted by Gasteiger charge is -2.15. The molecule has 108 valence electrons. The second-order valence-electron chi connectivity index (χ2n) is 3.16. The number of amides is 1. The molecule has 0 saturated carbocycles. The molecular formula is C8H18N2O5S3. The molecule has 10 heteroatoms. The molecule has 0 radical (unpaired) electrons. The highest BCUT2D eigenvalue weighted by atomic mass is 33.1. The van der Waals surface area contributed by atoms with Crippen molar-refractivity contribution in [2.45, 2.75) is 11.9 Å². The van der Waals surface area contributed by atoms with Crippen LogP contribution in [0, 0.1) is 0 Å². The van der Waals surface area contributed by atoms with Gasteiger partial charge in [0.05, 0.1) is 0 Å². The van der Waals surface area contributed by atoms with Gasteiger partial charge in [-0.1, -0.05) is 21.6 Å². The minimum absolute atomic E-state index is 0.0454. The molecule has 7 nitrogen and oxygen atoms in total. The average molecular weight is 318 g/mol. The Morgan fingerprint density at radius 3 is 2.61 bits per heavy atom. The monoisotopic (exact) mass is 318 g/mol. The maximum Gasteiger partial charge on any atom is 0.408 e. The summed E-state index contributed by atoms with van der Waals surface area (Å²) in [7, 11) is 0.210. The maximum absolute atomic E-state index is 11.3. The van der Waals surface area contributed by atoms with Crippen LogP contribution in [0.25, 0.3) is 0 Å². The first-order valence-electron chi connectivity index (χ1n) is 5.12. The van der Waals surface area contributed by atoms with Gasteiger partial charge >= 0.3 is 16.2 Å². The summed E-state index contributed by atoms with van der Waals surface area (Å²) in [5.41, 5.74) is -1.52. The second kappa shape index (κ2) is 9.73. The van der Waals surface area contributed by atoms with Crippen molar-refractivity contribution in [2.24, 2.45) is 0 Å². The molecule has 1 unspecified atom stereocenters. The van der Waals surface area contributed by atoms with E-state index in [1.54, 1.807) is 7.05 Å². The first-order chi connectivity index (χ1) is 8.41. The molecule has 0 aromatic carbocycles. The van der Waals surface area contributed by atoms with Crippen LogP contribution in [-0.2, 0) is 14.9 Å². The van der Waals surface area contributed by atoms with Gasteiger partial charge in [0, 0.05) is 25.3 Å². The van der Waals surface area contributed by atoms with E-state index in [0.717, 1.165) is 0 Å². The minimum Gasteiger partial charge on any atom is -0.427 e. The standard InChI is InChI=1S/C8H18N2O5S3/c1-9-4-5-10-8(11)15-7(18(12,13)14)3-6-17-16-2/h7,9H,3-6H2,1-2H3,(H,10,11)(H,12,13,14). The Balaban J connectivity index is 4.19. The zero-order valence-corrected chi connectivity index (χ0v) is 12.7. The topological polar surface area (TPSA) is 105 Å². The van der Waals surface area contributed by atoms with Gasteiger partial charge in [-0.05, 0) is 13.3 Å². The van der Waals surface area contributed by atoms with E-state index in [1.165, 1.54) is 21.6 Å². The predicted octanol–water partition coefficient (Wildman–Crippen LogP) is 0.547. The molecule has 0 aromatic rings. The molecule has 3 N–H and O–H groups in total. The quantitative estimate of drug-likeness (QED) is 0.321. The van der Waals surface area contributed by atoms with E-state index in [4.69, 9.17) is 4.55 Å². The number of carbonyl (C=O) groups excluding carboxylic acids is 1. The summed E-state index contributed by atoms with van der Waals surface area (Å²) in [6, 6.07) is 0. The number of alkyl carbamates (subject to hydrolysis) is 1. The summed E-state index contributed by atoms with van der Waals surface area (Å²) in [5, 5.41) is 5.17. The van der Waals surface area contributed by atoms with Crippen LogP contribution in [-0.4, -0.2) is 56.6 Å². The molecule has 0 aliphatic carbocycles. The van der Waals surface area contributed by atoms with Gasteiger partial charge in [0.2, 0.25) is 5.44 Å². The third-order valence-electron chi connectivity index (χ3n) is 1.77. The summed E-state index contributed by atoms with van der Waals surface area (Å²) < 4.78 is 35.6. The van der Waals surface area contributed by atoms with Crippen molar-refractivity contribution in [3.8, 4) is 0 Å². The molecule has 0 saturated heterocycles. The van der Waals surface area contributed by atoms with Crippen LogP contribution in [0.15, 0.2) is 0 Å². The van der Waals surface area contributed by atoms with Crippen LogP contribution < -0.4 is 10.6 Å². The van der Waals surface area contributed by atoms with Gasteiger partial charge in [-0.25, -0.2) is 4.79 Å². The number of rotatable bonds is 9. The van der Waals surface area contributed by atoms with Crippen LogP contribution in [0.5, 0.6) is 0 Å². The molecule has 1 atom stereocenters. The number of nitrogens with one attached hydrogen (secondary N) is 2.